The van der Waals surface area contributed by atoms with Crippen LogP contribution in [-0.4, -0.2) is 61.2 Å². The fraction of sp³-hybridized carbons (Fsp3) is 0.476. The molecule has 1 aliphatic rings. The Morgan fingerprint density at radius 1 is 1.00 bits per heavy atom. The molecule has 28 heavy (non-hydrogen) atoms. The number of anilines is 1. The highest BCUT2D eigenvalue weighted by Gasteiger charge is 2.31. The van der Waals surface area contributed by atoms with Crippen molar-refractivity contribution in [1.29, 1.82) is 0 Å². The van der Waals surface area contributed by atoms with Gasteiger partial charge in [0.05, 0.1) is 20.1 Å². The fourth-order valence-corrected chi connectivity index (χ4v) is 3.64. The largest absolute Gasteiger partial charge is 0.493 e. The molecule has 1 aliphatic heterocycles. The lowest BCUT2D eigenvalue weighted by Gasteiger charge is -2.37. The van der Waals surface area contributed by atoms with E-state index in [2.05, 4.69) is 28.7 Å². The summed E-state index contributed by atoms with van der Waals surface area (Å²) in [6, 6.07) is 7.54. The zero-order valence-electron chi connectivity index (χ0n) is 17.0. The van der Waals surface area contributed by atoms with Gasteiger partial charge in [-0.25, -0.2) is 9.97 Å². The second kappa shape index (κ2) is 8.91. The van der Waals surface area contributed by atoms with Gasteiger partial charge < -0.3 is 19.3 Å². The lowest BCUT2D eigenvalue weighted by atomic mass is 9.86. The van der Waals surface area contributed by atoms with E-state index in [9.17, 15) is 4.79 Å². The molecular weight excluding hydrogens is 356 g/mol. The minimum atomic E-state index is -0.223. The van der Waals surface area contributed by atoms with E-state index in [1.54, 1.807) is 32.7 Å². The average molecular weight is 384 g/mol. The minimum absolute atomic E-state index is 0.149. The number of piperazine rings is 1. The van der Waals surface area contributed by atoms with Crippen LogP contribution < -0.4 is 14.4 Å². The van der Waals surface area contributed by atoms with Crippen molar-refractivity contribution >= 4 is 11.9 Å². The molecule has 1 aromatic carbocycles. The first-order chi connectivity index (χ1) is 13.5. The molecule has 1 atom stereocenters. The first-order valence-corrected chi connectivity index (χ1v) is 9.57. The standard InChI is InChI=1S/C21H28N4O3/c1-15(2)19(16-6-7-17(27-3)18(14-16)28-4)20(26)24-10-12-25(13-11-24)21-22-8-5-9-23-21/h5-9,14-15,19H,10-13H2,1-4H3. The summed E-state index contributed by atoms with van der Waals surface area (Å²) in [7, 11) is 3.22. The topological polar surface area (TPSA) is 67.8 Å². The zero-order chi connectivity index (χ0) is 20.1. The van der Waals surface area contributed by atoms with E-state index in [1.807, 2.05) is 23.1 Å². The predicted octanol–water partition coefficient (Wildman–Crippen LogP) is 2.58. The summed E-state index contributed by atoms with van der Waals surface area (Å²) >= 11 is 0. The molecule has 0 aliphatic carbocycles. The summed E-state index contributed by atoms with van der Waals surface area (Å²) in [5, 5.41) is 0. The van der Waals surface area contributed by atoms with Crippen molar-refractivity contribution < 1.29 is 14.3 Å². The van der Waals surface area contributed by atoms with E-state index in [0.717, 1.165) is 24.6 Å². The first kappa shape index (κ1) is 19.9. The summed E-state index contributed by atoms with van der Waals surface area (Å²) in [5.74, 6) is 2.12. The molecule has 0 bridgehead atoms. The smallest absolute Gasteiger partial charge is 0.230 e. The summed E-state index contributed by atoms with van der Waals surface area (Å²) in [4.78, 5) is 26.0. The second-order valence-corrected chi connectivity index (χ2v) is 7.20. The number of amides is 1. The van der Waals surface area contributed by atoms with Gasteiger partial charge in [-0.15, -0.1) is 0 Å². The van der Waals surface area contributed by atoms with Crippen LogP contribution in [-0.2, 0) is 4.79 Å². The summed E-state index contributed by atoms with van der Waals surface area (Å²) in [5.41, 5.74) is 0.950. The monoisotopic (exact) mass is 384 g/mol. The molecule has 3 rings (SSSR count). The Labute approximate surface area is 166 Å². The number of hydrogen-bond acceptors (Lipinski definition) is 6. The number of rotatable bonds is 6. The number of carbonyl (C=O) groups excluding carboxylic acids is 1. The van der Waals surface area contributed by atoms with Crippen molar-refractivity contribution in [1.82, 2.24) is 14.9 Å². The molecule has 0 saturated carbocycles. The molecule has 1 aromatic heterocycles. The Morgan fingerprint density at radius 3 is 2.21 bits per heavy atom. The van der Waals surface area contributed by atoms with Crippen molar-refractivity contribution in [3.63, 3.8) is 0 Å². The van der Waals surface area contributed by atoms with Crippen molar-refractivity contribution in [2.24, 2.45) is 5.92 Å². The molecule has 1 fully saturated rings. The van der Waals surface area contributed by atoms with Gasteiger partial charge in [0.2, 0.25) is 11.9 Å². The predicted molar refractivity (Wildman–Crippen MR) is 108 cm³/mol. The van der Waals surface area contributed by atoms with Crippen LogP contribution in [0.3, 0.4) is 0 Å². The lowest BCUT2D eigenvalue weighted by molar-refractivity contribution is -0.134. The van der Waals surface area contributed by atoms with E-state index < -0.39 is 0 Å². The molecule has 1 amide bonds. The maximum absolute atomic E-state index is 13.3. The molecule has 0 N–H and O–H groups in total. The van der Waals surface area contributed by atoms with Crippen molar-refractivity contribution in [2.75, 3.05) is 45.3 Å². The number of nitrogens with zero attached hydrogens (tertiary/aromatic N) is 4. The molecule has 150 valence electrons. The van der Waals surface area contributed by atoms with Gasteiger partial charge in [0.1, 0.15) is 0 Å². The lowest BCUT2D eigenvalue weighted by Crippen LogP contribution is -2.51. The summed E-state index contributed by atoms with van der Waals surface area (Å²) in [6.07, 6.45) is 3.48. The van der Waals surface area contributed by atoms with Crippen LogP contribution >= 0.6 is 0 Å². The van der Waals surface area contributed by atoms with Crippen LogP contribution in [0.5, 0.6) is 11.5 Å². The number of benzene rings is 1. The highest BCUT2D eigenvalue weighted by molar-refractivity contribution is 5.84. The summed E-state index contributed by atoms with van der Waals surface area (Å²) < 4.78 is 10.7. The molecule has 7 nitrogen and oxygen atoms in total. The summed E-state index contributed by atoms with van der Waals surface area (Å²) in [6.45, 7) is 6.93. The Bertz CT molecular complexity index is 789. The molecule has 0 spiro atoms. The number of hydrogen-bond donors (Lipinski definition) is 0. The molecule has 7 heteroatoms. The third-order valence-corrected chi connectivity index (χ3v) is 5.13. The highest BCUT2D eigenvalue weighted by atomic mass is 16.5. The Morgan fingerprint density at radius 2 is 1.64 bits per heavy atom. The second-order valence-electron chi connectivity index (χ2n) is 7.20. The van der Waals surface area contributed by atoms with Gasteiger partial charge in [0.25, 0.3) is 0 Å². The van der Waals surface area contributed by atoms with Crippen molar-refractivity contribution in [3.05, 3.63) is 42.2 Å². The van der Waals surface area contributed by atoms with Gasteiger partial charge in [-0.2, -0.15) is 0 Å². The molecule has 1 unspecified atom stereocenters. The number of ether oxygens (including phenoxy) is 2. The van der Waals surface area contributed by atoms with Gasteiger partial charge in [-0.1, -0.05) is 19.9 Å². The van der Waals surface area contributed by atoms with E-state index >= 15 is 0 Å². The van der Waals surface area contributed by atoms with Crippen LogP contribution in [0.2, 0.25) is 0 Å². The molecule has 2 heterocycles. The molecule has 0 radical (unpaired) electrons. The zero-order valence-corrected chi connectivity index (χ0v) is 17.0. The maximum atomic E-state index is 13.3. The van der Waals surface area contributed by atoms with Gasteiger partial charge in [0.15, 0.2) is 11.5 Å². The normalized spacial score (nSPS) is 15.5. The average Bonchev–Trinajstić information content (AvgIpc) is 2.74. The minimum Gasteiger partial charge on any atom is -0.493 e. The SMILES string of the molecule is COc1ccc(C(C(=O)N2CCN(c3ncccn3)CC2)C(C)C)cc1OC. The Kier molecular flexibility index (Phi) is 6.34. The van der Waals surface area contributed by atoms with Crippen LogP contribution in [0.1, 0.15) is 25.3 Å². The van der Waals surface area contributed by atoms with Gasteiger partial charge in [-0.3, -0.25) is 4.79 Å². The Balaban J connectivity index is 1.74. The third-order valence-electron chi connectivity index (χ3n) is 5.13. The van der Waals surface area contributed by atoms with Crippen LogP contribution in [0.15, 0.2) is 36.7 Å². The van der Waals surface area contributed by atoms with Crippen LogP contribution in [0, 0.1) is 5.92 Å². The first-order valence-electron chi connectivity index (χ1n) is 9.57. The van der Waals surface area contributed by atoms with E-state index in [4.69, 9.17) is 9.47 Å². The van der Waals surface area contributed by atoms with Crippen molar-refractivity contribution in [2.45, 2.75) is 19.8 Å². The van der Waals surface area contributed by atoms with E-state index in [0.29, 0.717) is 24.6 Å². The molecule has 2 aromatic rings. The number of methoxy groups -OCH3 is 2. The van der Waals surface area contributed by atoms with Gasteiger partial charge >= 0.3 is 0 Å². The van der Waals surface area contributed by atoms with Gasteiger partial charge in [0, 0.05) is 38.6 Å². The number of carbonyl (C=O) groups is 1. The molecular formula is C21H28N4O3. The van der Waals surface area contributed by atoms with Crippen LogP contribution in [0.25, 0.3) is 0 Å². The van der Waals surface area contributed by atoms with Crippen molar-refractivity contribution in [3.8, 4) is 11.5 Å². The highest BCUT2D eigenvalue weighted by Crippen LogP contribution is 2.34. The van der Waals surface area contributed by atoms with E-state index in [-0.39, 0.29) is 17.7 Å². The Hall–Kier alpha value is -2.83. The van der Waals surface area contributed by atoms with E-state index in [1.165, 1.54) is 0 Å². The quantitative estimate of drug-likeness (QED) is 0.763. The van der Waals surface area contributed by atoms with Crippen LogP contribution in [0.4, 0.5) is 5.95 Å². The number of aromatic nitrogens is 2. The fourth-order valence-electron chi connectivity index (χ4n) is 3.64. The molecule has 1 saturated heterocycles. The van der Waals surface area contributed by atoms with Gasteiger partial charge in [-0.05, 0) is 29.7 Å². The third kappa shape index (κ3) is 4.18. The maximum Gasteiger partial charge on any atom is 0.230 e.